The highest BCUT2D eigenvalue weighted by molar-refractivity contribution is 6.01. The minimum atomic E-state index is -0.0991. The van der Waals surface area contributed by atoms with E-state index in [9.17, 15) is 4.79 Å². The smallest absolute Gasteiger partial charge is 0.188 e. The number of rotatable bonds is 13. The minimum Gasteiger partial charge on any atom is -0.467 e. The Labute approximate surface area is 154 Å². The van der Waals surface area contributed by atoms with Crippen LogP contribution in [0.1, 0.15) is 37.0 Å². The molecule has 1 aromatic carbocycles. The van der Waals surface area contributed by atoms with Crippen LogP contribution in [0.25, 0.3) is 0 Å². The molecule has 0 amide bonds. The average Bonchev–Trinajstić information content (AvgIpc) is 2.62. The summed E-state index contributed by atoms with van der Waals surface area (Å²) in [7, 11) is 4.53. The molecule has 0 aliphatic rings. The van der Waals surface area contributed by atoms with Gasteiger partial charge >= 0.3 is 0 Å². The van der Waals surface area contributed by atoms with Gasteiger partial charge in [0.05, 0.1) is 0 Å². The van der Waals surface area contributed by atoms with Crippen molar-refractivity contribution in [2.24, 2.45) is 0 Å². The predicted octanol–water partition coefficient (Wildman–Crippen LogP) is 3.56. The Bertz CT molecular complexity index is 563. The molecule has 0 fully saturated rings. The van der Waals surface area contributed by atoms with E-state index in [1.54, 1.807) is 12.1 Å². The van der Waals surface area contributed by atoms with E-state index in [0.29, 0.717) is 35.7 Å². The van der Waals surface area contributed by atoms with Crippen molar-refractivity contribution in [3.05, 3.63) is 29.3 Å². The predicted molar refractivity (Wildman–Crippen MR) is 96.9 cm³/mol. The summed E-state index contributed by atoms with van der Waals surface area (Å²) in [6.07, 6.45) is 2.98. The van der Waals surface area contributed by atoms with E-state index >= 15 is 0 Å². The first-order chi connectivity index (χ1) is 12.5. The molecule has 0 aliphatic heterocycles. The standard InChI is InChI=1S/C19H28O7/c1-14(2)7-6-8-16(20)19-17(25-12-22-4)9-15(24-11-21-3)10-18(19)26-13-23-5/h7,9-10H,6,8,11-13H2,1-5H3. The van der Waals surface area contributed by atoms with Gasteiger partial charge in [0.1, 0.15) is 22.8 Å². The normalized spacial score (nSPS) is 10.3. The molecule has 0 N–H and O–H groups in total. The molecule has 0 aliphatic carbocycles. The summed E-state index contributed by atoms with van der Waals surface area (Å²) >= 11 is 0. The van der Waals surface area contributed by atoms with E-state index < -0.39 is 0 Å². The minimum absolute atomic E-state index is 0.00823. The molecule has 0 heterocycles. The summed E-state index contributed by atoms with van der Waals surface area (Å²) in [5.74, 6) is 1.01. The first-order valence-corrected chi connectivity index (χ1v) is 8.23. The molecule has 0 atom stereocenters. The van der Waals surface area contributed by atoms with Crippen molar-refractivity contribution in [2.75, 3.05) is 41.7 Å². The SMILES string of the molecule is COCOc1cc(OCOC)c(C(=O)CCC=C(C)C)c(OCOC)c1. The second-order valence-electron chi connectivity index (χ2n) is 5.69. The number of ether oxygens (including phenoxy) is 6. The van der Waals surface area contributed by atoms with Crippen LogP contribution < -0.4 is 14.2 Å². The van der Waals surface area contributed by atoms with E-state index in [0.717, 1.165) is 5.57 Å². The van der Waals surface area contributed by atoms with Crippen LogP contribution >= 0.6 is 0 Å². The van der Waals surface area contributed by atoms with Gasteiger partial charge in [-0.25, -0.2) is 0 Å². The zero-order chi connectivity index (χ0) is 19.4. The van der Waals surface area contributed by atoms with Crippen LogP contribution in [0.5, 0.6) is 17.2 Å². The lowest BCUT2D eigenvalue weighted by molar-refractivity contribution is 0.0398. The van der Waals surface area contributed by atoms with Gasteiger partial charge in [0, 0.05) is 39.9 Å². The molecule has 0 unspecified atom stereocenters. The highest BCUT2D eigenvalue weighted by Crippen LogP contribution is 2.36. The zero-order valence-electron chi connectivity index (χ0n) is 16.1. The number of hydrogen-bond acceptors (Lipinski definition) is 7. The number of benzene rings is 1. The second-order valence-corrected chi connectivity index (χ2v) is 5.69. The molecule has 0 radical (unpaired) electrons. The monoisotopic (exact) mass is 368 g/mol. The number of ketones is 1. The van der Waals surface area contributed by atoms with Crippen LogP contribution in [0, 0.1) is 0 Å². The molecule has 146 valence electrons. The van der Waals surface area contributed by atoms with Gasteiger partial charge in [0.2, 0.25) is 0 Å². The number of allylic oxidation sites excluding steroid dienone is 2. The van der Waals surface area contributed by atoms with Crippen molar-refractivity contribution in [1.82, 2.24) is 0 Å². The van der Waals surface area contributed by atoms with E-state index in [1.807, 2.05) is 19.9 Å². The van der Waals surface area contributed by atoms with E-state index in [-0.39, 0.29) is 26.2 Å². The van der Waals surface area contributed by atoms with E-state index in [2.05, 4.69) is 0 Å². The van der Waals surface area contributed by atoms with Gasteiger partial charge in [-0.2, -0.15) is 0 Å². The van der Waals surface area contributed by atoms with Crippen molar-refractivity contribution in [3.8, 4) is 17.2 Å². The Balaban J connectivity index is 3.20. The highest BCUT2D eigenvalue weighted by Gasteiger charge is 2.21. The summed E-state index contributed by atoms with van der Waals surface area (Å²) in [5.41, 5.74) is 1.50. The number of carbonyl (C=O) groups excluding carboxylic acids is 1. The number of methoxy groups -OCH3 is 3. The quantitative estimate of drug-likeness (QED) is 0.299. The Hall–Kier alpha value is -2.09. The van der Waals surface area contributed by atoms with Gasteiger partial charge in [0.25, 0.3) is 0 Å². The Kier molecular flexibility index (Phi) is 10.4. The third-order valence-electron chi connectivity index (χ3n) is 3.25. The van der Waals surface area contributed by atoms with Crippen LogP contribution in [0.4, 0.5) is 0 Å². The van der Waals surface area contributed by atoms with Crippen LogP contribution in [0.3, 0.4) is 0 Å². The Morgan fingerprint density at radius 2 is 1.38 bits per heavy atom. The van der Waals surface area contributed by atoms with Gasteiger partial charge in [-0.1, -0.05) is 11.6 Å². The average molecular weight is 368 g/mol. The van der Waals surface area contributed by atoms with Gasteiger partial charge in [0.15, 0.2) is 26.2 Å². The molecule has 0 spiro atoms. The maximum absolute atomic E-state index is 12.8. The largest absolute Gasteiger partial charge is 0.467 e. The molecule has 0 saturated heterocycles. The fourth-order valence-electron chi connectivity index (χ4n) is 2.14. The van der Waals surface area contributed by atoms with E-state index in [4.69, 9.17) is 28.4 Å². The van der Waals surface area contributed by atoms with Crippen LogP contribution in [-0.4, -0.2) is 47.5 Å². The van der Waals surface area contributed by atoms with Crippen LogP contribution in [0.15, 0.2) is 23.8 Å². The van der Waals surface area contributed by atoms with Crippen molar-refractivity contribution >= 4 is 5.78 Å². The number of Topliss-reactive ketones (excluding diaryl/α,β-unsaturated/α-hetero) is 1. The molecule has 1 aromatic rings. The van der Waals surface area contributed by atoms with Gasteiger partial charge in [-0.15, -0.1) is 0 Å². The van der Waals surface area contributed by atoms with Crippen LogP contribution in [0.2, 0.25) is 0 Å². The number of hydrogen-bond donors (Lipinski definition) is 0. The summed E-state index contributed by atoms with van der Waals surface area (Å²) in [6.45, 7) is 4.03. The van der Waals surface area contributed by atoms with Gasteiger partial charge < -0.3 is 28.4 Å². The highest BCUT2D eigenvalue weighted by atomic mass is 16.7. The summed E-state index contributed by atoms with van der Waals surface area (Å²) < 4.78 is 31.4. The maximum Gasteiger partial charge on any atom is 0.188 e. The molecule has 0 bridgehead atoms. The van der Waals surface area contributed by atoms with Crippen molar-refractivity contribution in [3.63, 3.8) is 0 Å². The first-order valence-electron chi connectivity index (χ1n) is 8.23. The van der Waals surface area contributed by atoms with Crippen LogP contribution in [-0.2, 0) is 14.2 Å². The topological polar surface area (TPSA) is 72.5 Å². The lowest BCUT2D eigenvalue weighted by Crippen LogP contribution is -2.11. The molecule has 0 saturated carbocycles. The van der Waals surface area contributed by atoms with Gasteiger partial charge in [-0.3, -0.25) is 4.79 Å². The summed E-state index contributed by atoms with van der Waals surface area (Å²) in [4.78, 5) is 12.8. The molecule has 26 heavy (non-hydrogen) atoms. The second kappa shape index (κ2) is 12.3. The van der Waals surface area contributed by atoms with Gasteiger partial charge in [-0.05, 0) is 20.3 Å². The third-order valence-corrected chi connectivity index (χ3v) is 3.25. The molecule has 1 rings (SSSR count). The van der Waals surface area contributed by atoms with Crippen molar-refractivity contribution in [2.45, 2.75) is 26.7 Å². The molecular formula is C19H28O7. The van der Waals surface area contributed by atoms with Crippen molar-refractivity contribution < 1.29 is 33.2 Å². The molecule has 0 aromatic heterocycles. The first kappa shape index (κ1) is 22.0. The molecule has 7 heteroatoms. The Morgan fingerprint density at radius 3 is 1.85 bits per heavy atom. The maximum atomic E-state index is 12.8. The third kappa shape index (κ3) is 7.43. The number of carbonyl (C=O) groups is 1. The lowest BCUT2D eigenvalue weighted by Gasteiger charge is -2.17. The molecule has 7 nitrogen and oxygen atoms in total. The van der Waals surface area contributed by atoms with E-state index in [1.165, 1.54) is 21.3 Å². The summed E-state index contributed by atoms with van der Waals surface area (Å²) in [5, 5.41) is 0. The summed E-state index contributed by atoms with van der Waals surface area (Å²) in [6, 6.07) is 3.23. The van der Waals surface area contributed by atoms with Crippen molar-refractivity contribution in [1.29, 1.82) is 0 Å². The Morgan fingerprint density at radius 1 is 0.885 bits per heavy atom. The zero-order valence-corrected chi connectivity index (χ0v) is 16.1. The fraction of sp³-hybridized carbons (Fsp3) is 0.526. The lowest BCUT2D eigenvalue weighted by atomic mass is 10.0. The molecular weight excluding hydrogens is 340 g/mol. The fourth-order valence-corrected chi connectivity index (χ4v) is 2.14.